The van der Waals surface area contributed by atoms with Crippen LogP contribution in [0, 0.1) is 21.8 Å². The topological polar surface area (TPSA) is 44.0 Å². The summed E-state index contributed by atoms with van der Waals surface area (Å²) in [6.45, 7) is 1.81. The number of hydrogen-bond donors (Lipinski definition) is 1. The van der Waals surface area contributed by atoms with E-state index in [0.717, 1.165) is 9.13 Å². The fourth-order valence-electron chi connectivity index (χ4n) is 1.10. The molecule has 0 amide bonds. The molecule has 0 fully saturated rings. The normalized spacial score (nSPS) is 9.50. The molecule has 1 N–H and O–H groups in total. The molecular formula is C9H8INO. The Bertz CT molecular complexity index is 341. The SMILES string of the molecule is Cc1cc(I)cc(CO)c1C#N. The van der Waals surface area contributed by atoms with Gasteiger partial charge in [0.2, 0.25) is 0 Å². The van der Waals surface area contributed by atoms with Crippen molar-refractivity contribution in [2.75, 3.05) is 0 Å². The van der Waals surface area contributed by atoms with Crippen LogP contribution in [0.15, 0.2) is 12.1 Å². The van der Waals surface area contributed by atoms with Crippen LogP contribution in [-0.4, -0.2) is 5.11 Å². The second-order valence-electron chi connectivity index (χ2n) is 2.53. The van der Waals surface area contributed by atoms with E-state index in [1.807, 2.05) is 19.1 Å². The lowest BCUT2D eigenvalue weighted by Crippen LogP contribution is -1.94. The molecule has 3 heteroatoms. The molecular weight excluding hydrogens is 265 g/mol. The van der Waals surface area contributed by atoms with E-state index in [0.29, 0.717) is 11.1 Å². The maximum absolute atomic E-state index is 8.94. The molecule has 0 unspecified atom stereocenters. The smallest absolute Gasteiger partial charge is 0.0998 e. The molecule has 12 heavy (non-hydrogen) atoms. The monoisotopic (exact) mass is 273 g/mol. The molecule has 0 spiro atoms. The summed E-state index contributed by atoms with van der Waals surface area (Å²) in [5.41, 5.74) is 2.23. The number of aryl methyl sites for hydroxylation is 1. The second kappa shape index (κ2) is 3.87. The number of aliphatic hydroxyl groups is 1. The van der Waals surface area contributed by atoms with Gasteiger partial charge >= 0.3 is 0 Å². The van der Waals surface area contributed by atoms with Crippen molar-refractivity contribution >= 4 is 22.6 Å². The highest BCUT2D eigenvalue weighted by molar-refractivity contribution is 14.1. The quantitative estimate of drug-likeness (QED) is 0.795. The van der Waals surface area contributed by atoms with Crippen molar-refractivity contribution in [3.8, 4) is 6.07 Å². The molecule has 2 nitrogen and oxygen atoms in total. The van der Waals surface area contributed by atoms with Gasteiger partial charge in [-0.05, 0) is 52.8 Å². The Kier molecular flexibility index (Phi) is 3.06. The Balaban J connectivity index is 3.36. The lowest BCUT2D eigenvalue weighted by Gasteiger charge is -2.03. The highest BCUT2D eigenvalue weighted by atomic mass is 127. The number of aliphatic hydroxyl groups excluding tert-OH is 1. The Morgan fingerprint density at radius 2 is 2.25 bits per heavy atom. The number of hydrogen-bond acceptors (Lipinski definition) is 2. The third-order valence-corrected chi connectivity index (χ3v) is 2.29. The molecule has 0 saturated carbocycles. The van der Waals surface area contributed by atoms with Gasteiger partial charge in [-0.15, -0.1) is 0 Å². The van der Waals surface area contributed by atoms with Crippen molar-refractivity contribution in [3.63, 3.8) is 0 Å². The van der Waals surface area contributed by atoms with Gasteiger partial charge in [0.1, 0.15) is 0 Å². The highest BCUT2D eigenvalue weighted by Crippen LogP contribution is 2.17. The number of benzene rings is 1. The van der Waals surface area contributed by atoms with Gasteiger partial charge < -0.3 is 5.11 Å². The summed E-state index contributed by atoms with van der Waals surface area (Å²) < 4.78 is 1.05. The summed E-state index contributed by atoms with van der Waals surface area (Å²) >= 11 is 2.17. The molecule has 0 aromatic heterocycles. The minimum atomic E-state index is -0.0689. The molecule has 0 radical (unpaired) electrons. The number of nitriles is 1. The van der Waals surface area contributed by atoms with E-state index in [2.05, 4.69) is 28.7 Å². The van der Waals surface area contributed by atoms with Crippen molar-refractivity contribution in [3.05, 3.63) is 32.4 Å². The number of nitrogens with zero attached hydrogens (tertiary/aromatic N) is 1. The predicted molar refractivity (Wildman–Crippen MR) is 54.5 cm³/mol. The van der Waals surface area contributed by atoms with E-state index >= 15 is 0 Å². The largest absolute Gasteiger partial charge is 0.392 e. The van der Waals surface area contributed by atoms with Gasteiger partial charge in [-0.1, -0.05) is 0 Å². The van der Waals surface area contributed by atoms with Gasteiger partial charge in [0.25, 0.3) is 0 Å². The summed E-state index contributed by atoms with van der Waals surface area (Å²) in [4.78, 5) is 0. The molecule has 0 bridgehead atoms. The predicted octanol–water partition coefficient (Wildman–Crippen LogP) is 1.96. The van der Waals surface area contributed by atoms with E-state index in [1.54, 1.807) is 0 Å². The first-order chi connectivity index (χ1) is 5.69. The molecule has 0 atom stereocenters. The maximum atomic E-state index is 8.94. The Hall–Kier alpha value is -0.600. The van der Waals surface area contributed by atoms with E-state index in [4.69, 9.17) is 10.4 Å². The first kappa shape index (κ1) is 9.49. The summed E-state index contributed by atoms with van der Waals surface area (Å²) in [6, 6.07) is 5.83. The van der Waals surface area contributed by atoms with Crippen LogP contribution in [0.5, 0.6) is 0 Å². The fourth-order valence-corrected chi connectivity index (χ4v) is 1.94. The molecule has 1 aromatic rings. The van der Waals surface area contributed by atoms with Crippen molar-refractivity contribution in [2.45, 2.75) is 13.5 Å². The minimum absolute atomic E-state index is 0.0689. The van der Waals surface area contributed by atoms with Gasteiger partial charge in [-0.2, -0.15) is 5.26 Å². The average Bonchev–Trinajstić information content (AvgIpc) is 2.03. The minimum Gasteiger partial charge on any atom is -0.392 e. The molecule has 0 aliphatic rings. The first-order valence-electron chi connectivity index (χ1n) is 3.49. The molecule has 1 aromatic carbocycles. The summed E-state index contributed by atoms with van der Waals surface area (Å²) in [7, 11) is 0. The zero-order chi connectivity index (χ0) is 9.14. The number of halogens is 1. The molecule has 1 rings (SSSR count). The van der Waals surface area contributed by atoms with Crippen LogP contribution < -0.4 is 0 Å². The molecule has 0 aliphatic carbocycles. The van der Waals surface area contributed by atoms with Crippen molar-refractivity contribution in [1.82, 2.24) is 0 Å². The van der Waals surface area contributed by atoms with E-state index in [1.165, 1.54) is 0 Å². The highest BCUT2D eigenvalue weighted by Gasteiger charge is 2.05. The lowest BCUT2D eigenvalue weighted by atomic mass is 10.0. The maximum Gasteiger partial charge on any atom is 0.0998 e. The first-order valence-corrected chi connectivity index (χ1v) is 4.57. The molecule has 0 saturated heterocycles. The van der Waals surface area contributed by atoms with Crippen LogP contribution in [-0.2, 0) is 6.61 Å². The zero-order valence-corrected chi connectivity index (χ0v) is 8.79. The molecule has 0 aliphatic heterocycles. The standard InChI is InChI=1S/C9H8INO/c1-6-2-8(10)3-7(5-12)9(6)4-11/h2-3,12H,5H2,1H3. The molecule has 62 valence electrons. The second-order valence-corrected chi connectivity index (χ2v) is 3.77. The van der Waals surface area contributed by atoms with Gasteiger partial charge in [-0.3, -0.25) is 0 Å². The Morgan fingerprint density at radius 1 is 1.58 bits per heavy atom. The van der Waals surface area contributed by atoms with Crippen LogP contribution in [0.1, 0.15) is 16.7 Å². The van der Waals surface area contributed by atoms with Crippen molar-refractivity contribution in [1.29, 1.82) is 5.26 Å². The van der Waals surface area contributed by atoms with Crippen molar-refractivity contribution in [2.24, 2.45) is 0 Å². The molecule has 0 heterocycles. The lowest BCUT2D eigenvalue weighted by molar-refractivity contribution is 0.281. The summed E-state index contributed by atoms with van der Waals surface area (Å²) in [5.74, 6) is 0. The van der Waals surface area contributed by atoms with Crippen LogP contribution in [0.2, 0.25) is 0 Å². The Morgan fingerprint density at radius 3 is 2.75 bits per heavy atom. The van der Waals surface area contributed by atoms with Crippen LogP contribution >= 0.6 is 22.6 Å². The third kappa shape index (κ3) is 1.76. The third-order valence-electron chi connectivity index (χ3n) is 1.66. The van der Waals surface area contributed by atoms with Crippen LogP contribution in [0.3, 0.4) is 0 Å². The summed E-state index contributed by atoms with van der Waals surface area (Å²) in [5, 5.41) is 17.7. The van der Waals surface area contributed by atoms with E-state index < -0.39 is 0 Å². The average molecular weight is 273 g/mol. The van der Waals surface area contributed by atoms with Gasteiger partial charge in [0, 0.05) is 3.57 Å². The number of rotatable bonds is 1. The van der Waals surface area contributed by atoms with Gasteiger partial charge in [0.05, 0.1) is 18.2 Å². The summed E-state index contributed by atoms with van der Waals surface area (Å²) in [6.07, 6.45) is 0. The van der Waals surface area contributed by atoms with Gasteiger partial charge in [-0.25, -0.2) is 0 Å². The Labute approximate surface area is 85.0 Å². The van der Waals surface area contributed by atoms with Gasteiger partial charge in [0.15, 0.2) is 0 Å². The van der Waals surface area contributed by atoms with Crippen molar-refractivity contribution < 1.29 is 5.11 Å². The zero-order valence-electron chi connectivity index (χ0n) is 6.63. The van der Waals surface area contributed by atoms with Crippen LogP contribution in [0.25, 0.3) is 0 Å². The van der Waals surface area contributed by atoms with E-state index in [-0.39, 0.29) is 6.61 Å². The fraction of sp³-hybridized carbons (Fsp3) is 0.222. The van der Waals surface area contributed by atoms with Crippen LogP contribution in [0.4, 0.5) is 0 Å². The van der Waals surface area contributed by atoms with E-state index in [9.17, 15) is 0 Å².